The molecule has 0 aromatic heterocycles. The summed E-state index contributed by atoms with van der Waals surface area (Å²) in [6.45, 7) is 0. The Kier molecular flexibility index (Phi) is 3.22. The molecule has 0 heterocycles. The van der Waals surface area contributed by atoms with Crippen molar-refractivity contribution in [3.05, 3.63) is 59.6 Å². The molecule has 0 amide bonds. The zero-order chi connectivity index (χ0) is 29.2. The van der Waals surface area contributed by atoms with Gasteiger partial charge in [-0.25, -0.2) is 0 Å². The molecule has 0 saturated carbocycles. The number of phenols is 2. The standard InChI is InChI=1S/C21H20O6/c1-26-20-11-14(5-9-18(20)24)3-7-16(22)13-17(23)8-4-15-6-10-19(25)21(12-15)27-2/h3-12,24-25H,13H2,1-2H3/b7-3+,8-4+/i1D3,2D3,3D,4D,7D,8D,13D. The third-order valence-electron chi connectivity index (χ3n) is 3.06. The topological polar surface area (TPSA) is 93.1 Å². The van der Waals surface area contributed by atoms with Gasteiger partial charge in [0.15, 0.2) is 34.6 Å². The lowest BCUT2D eigenvalue weighted by Crippen LogP contribution is -2.01. The van der Waals surface area contributed by atoms with Crippen molar-refractivity contribution >= 4 is 23.7 Å². The maximum atomic E-state index is 12.6. The van der Waals surface area contributed by atoms with Crippen molar-refractivity contribution in [1.82, 2.24) is 0 Å². The number of rotatable bonds is 8. The number of ether oxygens (including phenoxy) is 2. The van der Waals surface area contributed by atoms with E-state index in [0.29, 0.717) is 0 Å². The van der Waals surface area contributed by atoms with Crippen LogP contribution in [0.2, 0.25) is 0 Å². The van der Waals surface area contributed by atoms with E-state index in [1.54, 1.807) is 0 Å². The molecular weight excluding hydrogens is 348 g/mol. The third kappa shape index (κ3) is 5.74. The molecule has 0 unspecified atom stereocenters. The highest BCUT2D eigenvalue weighted by molar-refractivity contribution is 6.10. The molecule has 0 bridgehead atoms. The molecule has 27 heavy (non-hydrogen) atoms. The van der Waals surface area contributed by atoms with Crippen LogP contribution in [0.25, 0.3) is 12.1 Å². The van der Waals surface area contributed by atoms with Crippen LogP contribution in [-0.2, 0) is 9.59 Å². The average Bonchev–Trinajstić information content (AvgIpc) is 2.81. The minimum absolute atomic E-state index is 0.256. The first-order chi connectivity index (χ1) is 17.3. The molecule has 0 atom stereocenters. The molecule has 0 aliphatic rings. The van der Waals surface area contributed by atoms with Crippen LogP contribution in [0.1, 0.15) is 32.6 Å². The predicted octanol–water partition coefficient (Wildman–Crippen LogP) is 3.37. The van der Waals surface area contributed by atoms with Gasteiger partial charge in [-0.1, -0.05) is 24.2 Å². The van der Waals surface area contributed by atoms with Crippen molar-refractivity contribution in [2.24, 2.45) is 0 Å². The quantitative estimate of drug-likeness (QED) is 0.540. The molecule has 2 N–H and O–H groups in total. The Bertz CT molecular complexity index is 1210. The molecule has 0 aliphatic heterocycles. The Balaban J connectivity index is 2.37. The monoisotopic (exact) mass is 379 g/mol. The van der Waals surface area contributed by atoms with Gasteiger partial charge in [0, 0.05) is 1.37 Å². The van der Waals surface area contributed by atoms with Gasteiger partial charge in [-0.3, -0.25) is 9.59 Å². The van der Waals surface area contributed by atoms with E-state index in [4.69, 9.17) is 15.1 Å². The van der Waals surface area contributed by atoms with Gasteiger partial charge in [0.05, 0.1) is 34.2 Å². The number of allylic oxidation sites excluding steroid dienone is 2. The van der Waals surface area contributed by atoms with Crippen LogP contribution >= 0.6 is 0 Å². The Morgan fingerprint density at radius 3 is 1.81 bits per heavy atom. The summed E-state index contributed by atoms with van der Waals surface area (Å²) in [6, 6.07) is 1.77. The second-order valence-corrected chi connectivity index (χ2v) is 4.94. The van der Waals surface area contributed by atoms with E-state index in [1.165, 1.54) is 0 Å². The summed E-state index contributed by atoms with van der Waals surface area (Å²) in [5.41, 5.74) is -0.512. The average molecular weight is 379 g/mol. The smallest absolute Gasteiger partial charge is 0.163 e. The maximum absolute atomic E-state index is 12.6. The Morgan fingerprint density at radius 1 is 0.963 bits per heavy atom. The highest BCUT2D eigenvalue weighted by Crippen LogP contribution is 2.27. The number of hydrogen-bond donors (Lipinski definition) is 2. The lowest BCUT2D eigenvalue weighted by atomic mass is 10.1. The molecule has 140 valence electrons. The van der Waals surface area contributed by atoms with Gasteiger partial charge in [-0.15, -0.1) is 0 Å². The number of ketones is 2. The maximum Gasteiger partial charge on any atom is 0.163 e. The summed E-state index contributed by atoms with van der Waals surface area (Å²) >= 11 is 0. The van der Waals surface area contributed by atoms with E-state index in [9.17, 15) is 19.8 Å². The van der Waals surface area contributed by atoms with E-state index in [-0.39, 0.29) is 11.1 Å². The molecule has 0 radical (unpaired) electrons. The largest absolute Gasteiger partial charge is 0.504 e. The number of phenolic OH excluding ortho intramolecular Hbond substituents is 2. The molecule has 2 aromatic rings. The number of methoxy groups -OCH3 is 2. The van der Waals surface area contributed by atoms with Crippen LogP contribution < -0.4 is 9.47 Å². The van der Waals surface area contributed by atoms with Crippen molar-refractivity contribution in [2.75, 3.05) is 14.1 Å². The molecule has 0 spiro atoms. The number of carbonyl (C=O) groups is 2. The summed E-state index contributed by atoms with van der Waals surface area (Å²) in [4.78, 5) is 25.1. The van der Waals surface area contributed by atoms with Crippen LogP contribution in [0.3, 0.4) is 0 Å². The second kappa shape index (κ2) is 9.24. The van der Waals surface area contributed by atoms with Crippen molar-refractivity contribution in [3.63, 3.8) is 0 Å². The van der Waals surface area contributed by atoms with Gasteiger partial charge in [-0.05, 0) is 47.5 Å². The Morgan fingerprint density at radius 2 is 1.41 bits per heavy atom. The van der Waals surface area contributed by atoms with E-state index in [0.717, 1.165) is 36.4 Å². The molecular formula is C21H20O6. The predicted molar refractivity (Wildman–Crippen MR) is 102 cm³/mol. The van der Waals surface area contributed by atoms with Gasteiger partial charge in [0.25, 0.3) is 0 Å². The fraction of sp³-hybridized carbons (Fsp3) is 0.143. The molecule has 6 nitrogen and oxygen atoms in total. The Labute approximate surface area is 172 Å². The van der Waals surface area contributed by atoms with Gasteiger partial charge < -0.3 is 19.7 Å². The lowest BCUT2D eigenvalue weighted by molar-refractivity contribution is -0.121. The van der Waals surface area contributed by atoms with Gasteiger partial charge in [0.1, 0.15) is 0 Å². The zero-order valence-corrected chi connectivity index (χ0v) is 13.6. The number of carbonyl (C=O) groups excluding carboxylic acids is 2. The van der Waals surface area contributed by atoms with Gasteiger partial charge >= 0.3 is 0 Å². The summed E-state index contributed by atoms with van der Waals surface area (Å²) in [7, 11) is -5.91. The number of benzene rings is 2. The Hall–Kier alpha value is -3.54. The zero-order valence-electron chi connectivity index (χ0n) is 24.6. The second-order valence-electron chi connectivity index (χ2n) is 4.94. The fourth-order valence-electron chi connectivity index (χ4n) is 1.81. The first-order valence-electron chi connectivity index (χ1n) is 12.8. The molecule has 2 rings (SSSR count). The van der Waals surface area contributed by atoms with Crippen molar-refractivity contribution in [3.8, 4) is 23.0 Å². The van der Waals surface area contributed by atoms with E-state index < -0.39 is 79.2 Å². The minimum Gasteiger partial charge on any atom is -0.504 e. The molecule has 0 saturated heterocycles. The summed E-state index contributed by atoms with van der Waals surface area (Å²) in [6.07, 6.45) is -2.43. The third-order valence-corrected chi connectivity index (χ3v) is 3.06. The fourth-order valence-corrected chi connectivity index (χ4v) is 1.81. The number of hydrogen-bond acceptors (Lipinski definition) is 6. The molecule has 6 heteroatoms. The first kappa shape index (κ1) is 9.41. The van der Waals surface area contributed by atoms with Crippen molar-refractivity contribution < 1.29 is 44.4 Å². The number of aromatic hydroxyl groups is 2. The van der Waals surface area contributed by atoms with Crippen molar-refractivity contribution in [1.29, 1.82) is 0 Å². The molecule has 0 fully saturated rings. The highest BCUT2D eigenvalue weighted by atomic mass is 16.5. The van der Waals surface area contributed by atoms with Crippen LogP contribution in [0.5, 0.6) is 23.0 Å². The van der Waals surface area contributed by atoms with Crippen molar-refractivity contribution in [2.45, 2.75) is 6.40 Å². The van der Waals surface area contributed by atoms with Gasteiger partial charge in [-0.2, -0.15) is 0 Å². The molecule has 2 aromatic carbocycles. The van der Waals surface area contributed by atoms with Crippen LogP contribution in [0, 0.1) is 0 Å². The van der Waals surface area contributed by atoms with E-state index in [1.807, 2.05) is 0 Å². The summed E-state index contributed by atoms with van der Waals surface area (Å²) in [5.74, 6) is -5.37. The normalized spacial score (nSPS) is 20.5. The van der Waals surface area contributed by atoms with E-state index >= 15 is 0 Å². The first-order valence-corrected chi connectivity index (χ1v) is 7.23. The van der Waals surface area contributed by atoms with Crippen LogP contribution in [0.15, 0.2) is 48.5 Å². The minimum atomic E-state index is -2.96. The van der Waals surface area contributed by atoms with Gasteiger partial charge in [0.2, 0.25) is 0 Å². The van der Waals surface area contributed by atoms with Crippen LogP contribution in [0.4, 0.5) is 0 Å². The van der Waals surface area contributed by atoms with Crippen LogP contribution in [-0.4, -0.2) is 35.9 Å². The van der Waals surface area contributed by atoms with E-state index in [2.05, 4.69) is 9.47 Å². The SMILES string of the molecule is [2H]/C(C(=O)C([2H])C(=O)/C([2H])=C(\[2H])c1ccc(O)c(OC([2H])([2H])[2H])c1)=C(/[2H])c1ccc(O)c(OC([2H])([2H])[2H])c1. The molecule has 0 aliphatic carbocycles. The lowest BCUT2D eigenvalue weighted by Gasteiger charge is -2.03. The summed E-state index contributed by atoms with van der Waals surface area (Å²) < 4.78 is 91.6. The highest BCUT2D eigenvalue weighted by Gasteiger charge is 2.06. The summed E-state index contributed by atoms with van der Waals surface area (Å²) in [5, 5.41) is 19.5.